The molecule has 1 aromatic rings. The van der Waals surface area contributed by atoms with Crippen LogP contribution in [0.1, 0.15) is 25.3 Å². The third-order valence-corrected chi connectivity index (χ3v) is 4.32. The predicted octanol–water partition coefficient (Wildman–Crippen LogP) is 2.93. The van der Waals surface area contributed by atoms with Gasteiger partial charge in [-0.15, -0.1) is 0 Å². The highest BCUT2D eigenvalue weighted by molar-refractivity contribution is 6.32. The third-order valence-electron chi connectivity index (χ3n) is 4.04. The van der Waals surface area contributed by atoms with E-state index in [4.69, 9.17) is 21.1 Å². The molecule has 0 radical (unpaired) electrons. The van der Waals surface area contributed by atoms with Crippen LogP contribution >= 0.6 is 11.6 Å². The molecule has 2 rings (SSSR count). The summed E-state index contributed by atoms with van der Waals surface area (Å²) in [5.74, 6) is 1.28. The van der Waals surface area contributed by atoms with E-state index in [1.165, 1.54) is 19.4 Å². The number of likely N-dealkylation sites (tertiary alicyclic amines) is 1. The minimum Gasteiger partial charge on any atom is -0.493 e. The fourth-order valence-electron chi connectivity index (χ4n) is 2.84. The molecule has 1 atom stereocenters. The lowest BCUT2D eigenvalue weighted by Gasteiger charge is -2.32. The number of benzene rings is 1. The van der Waals surface area contributed by atoms with Crippen LogP contribution in [0.5, 0.6) is 11.5 Å². The normalized spacial score (nSPS) is 19.5. The van der Waals surface area contributed by atoms with Crippen molar-refractivity contribution in [3.05, 3.63) is 22.7 Å². The number of nitrogens with one attached hydrogen (secondary N) is 1. The van der Waals surface area contributed by atoms with Crippen LogP contribution in [0.15, 0.2) is 12.1 Å². The van der Waals surface area contributed by atoms with Crippen molar-refractivity contribution in [1.29, 1.82) is 0 Å². The summed E-state index contributed by atoms with van der Waals surface area (Å²) in [6.45, 7) is 6.48. The predicted molar refractivity (Wildman–Crippen MR) is 86.5 cm³/mol. The maximum atomic E-state index is 6.24. The van der Waals surface area contributed by atoms with Gasteiger partial charge >= 0.3 is 0 Å². The van der Waals surface area contributed by atoms with Gasteiger partial charge in [0.15, 0.2) is 11.5 Å². The summed E-state index contributed by atoms with van der Waals surface area (Å²) in [5, 5.41) is 4.21. The van der Waals surface area contributed by atoms with Crippen LogP contribution in [0.25, 0.3) is 0 Å². The topological polar surface area (TPSA) is 33.7 Å². The van der Waals surface area contributed by atoms with E-state index in [0.717, 1.165) is 25.2 Å². The van der Waals surface area contributed by atoms with Gasteiger partial charge in [-0.25, -0.2) is 0 Å². The first kappa shape index (κ1) is 16.4. The third kappa shape index (κ3) is 4.25. The van der Waals surface area contributed by atoms with E-state index in [1.807, 2.05) is 12.1 Å². The van der Waals surface area contributed by atoms with E-state index in [0.29, 0.717) is 22.6 Å². The fraction of sp³-hybridized carbons (Fsp3) is 0.625. The first-order valence-electron chi connectivity index (χ1n) is 7.54. The summed E-state index contributed by atoms with van der Waals surface area (Å²) in [7, 11) is 3.23. The summed E-state index contributed by atoms with van der Waals surface area (Å²) >= 11 is 6.24. The van der Waals surface area contributed by atoms with Gasteiger partial charge in [-0.05, 0) is 43.6 Å². The number of methoxy groups -OCH3 is 2. The Kier molecular flexibility index (Phi) is 6.15. The molecule has 5 heteroatoms. The quantitative estimate of drug-likeness (QED) is 0.875. The van der Waals surface area contributed by atoms with Gasteiger partial charge in [0.05, 0.1) is 19.2 Å². The number of ether oxygens (including phenoxy) is 2. The molecule has 0 aromatic heterocycles. The summed E-state index contributed by atoms with van der Waals surface area (Å²) < 4.78 is 10.6. The molecule has 1 saturated heterocycles. The number of nitrogens with zero attached hydrogens (tertiary/aromatic N) is 1. The molecule has 1 aliphatic rings. The van der Waals surface area contributed by atoms with Crippen molar-refractivity contribution in [2.75, 3.05) is 33.9 Å². The number of halogens is 1. The van der Waals surface area contributed by atoms with Crippen LogP contribution < -0.4 is 14.8 Å². The van der Waals surface area contributed by atoms with Crippen molar-refractivity contribution in [3.63, 3.8) is 0 Å². The zero-order valence-electron chi connectivity index (χ0n) is 13.1. The van der Waals surface area contributed by atoms with Gasteiger partial charge in [0.1, 0.15) is 0 Å². The Morgan fingerprint density at radius 3 is 2.81 bits per heavy atom. The zero-order valence-corrected chi connectivity index (χ0v) is 13.9. The van der Waals surface area contributed by atoms with Gasteiger partial charge in [0, 0.05) is 19.1 Å². The molecule has 0 saturated carbocycles. The molecular formula is C16H25ClN2O2. The number of piperidine rings is 1. The Balaban J connectivity index is 1.98. The highest BCUT2D eigenvalue weighted by atomic mass is 35.5. The minimum atomic E-state index is 0.547. The number of rotatable bonds is 6. The van der Waals surface area contributed by atoms with Crippen LogP contribution in [-0.2, 0) is 6.54 Å². The van der Waals surface area contributed by atoms with E-state index < -0.39 is 0 Å². The van der Waals surface area contributed by atoms with Crippen LogP contribution in [0, 0.1) is 0 Å². The number of likely N-dealkylation sites (N-methyl/N-ethyl adjacent to an activating group) is 1. The lowest BCUT2D eigenvalue weighted by molar-refractivity contribution is 0.198. The molecule has 1 fully saturated rings. The molecule has 1 unspecified atom stereocenters. The van der Waals surface area contributed by atoms with Crippen LogP contribution in [0.2, 0.25) is 5.02 Å². The van der Waals surface area contributed by atoms with Gasteiger partial charge in [-0.3, -0.25) is 0 Å². The Bertz CT molecular complexity index is 468. The smallest absolute Gasteiger partial charge is 0.179 e. The van der Waals surface area contributed by atoms with Crippen molar-refractivity contribution in [2.45, 2.75) is 32.4 Å². The van der Waals surface area contributed by atoms with Gasteiger partial charge in [0.2, 0.25) is 0 Å². The van der Waals surface area contributed by atoms with E-state index in [1.54, 1.807) is 14.2 Å². The molecule has 1 heterocycles. The lowest BCUT2D eigenvalue weighted by atomic mass is 10.1. The van der Waals surface area contributed by atoms with Crippen molar-refractivity contribution >= 4 is 11.6 Å². The van der Waals surface area contributed by atoms with Crippen LogP contribution in [0.3, 0.4) is 0 Å². The highest BCUT2D eigenvalue weighted by Crippen LogP contribution is 2.36. The maximum Gasteiger partial charge on any atom is 0.179 e. The summed E-state index contributed by atoms with van der Waals surface area (Å²) in [6, 6.07) is 4.47. The van der Waals surface area contributed by atoms with Gasteiger partial charge in [-0.1, -0.05) is 18.5 Å². The van der Waals surface area contributed by atoms with E-state index in [-0.39, 0.29) is 0 Å². The number of hydrogen-bond donors (Lipinski definition) is 1. The van der Waals surface area contributed by atoms with Crippen molar-refractivity contribution in [1.82, 2.24) is 10.2 Å². The molecule has 4 nitrogen and oxygen atoms in total. The first-order valence-corrected chi connectivity index (χ1v) is 7.91. The molecule has 1 aromatic carbocycles. The lowest BCUT2D eigenvalue weighted by Crippen LogP contribution is -2.45. The molecule has 0 bridgehead atoms. The standard InChI is InChI=1S/C16H25ClN2O2/c1-4-19-7-5-6-13(11-19)18-10-12-8-14(17)16(21-3)15(9-12)20-2/h8-9,13,18H,4-7,10-11H2,1-3H3. The molecule has 0 amide bonds. The molecule has 0 spiro atoms. The second-order valence-corrected chi connectivity index (χ2v) is 5.83. The average molecular weight is 313 g/mol. The zero-order chi connectivity index (χ0) is 15.2. The molecule has 1 aliphatic heterocycles. The monoisotopic (exact) mass is 312 g/mol. The highest BCUT2D eigenvalue weighted by Gasteiger charge is 2.18. The summed E-state index contributed by atoms with van der Waals surface area (Å²) in [6.07, 6.45) is 2.50. The Morgan fingerprint density at radius 1 is 1.33 bits per heavy atom. The van der Waals surface area contributed by atoms with Crippen LogP contribution in [0.4, 0.5) is 0 Å². The molecule has 1 N–H and O–H groups in total. The summed E-state index contributed by atoms with van der Waals surface area (Å²) in [4.78, 5) is 2.49. The Hall–Kier alpha value is -0.970. The SMILES string of the molecule is CCN1CCCC(NCc2cc(Cl)c(OC)c(OC)c2)C1. The van der Waals surface area contributed by atoms with Gasteiger partial charge in [0.25, 0.3) is 0 Å². The second kappa shape index (κ2) is 7.87. The molecule has 21 heavy (non-hydrogen) atoms. The van der Waals surface area contributed by atoms with E-state index in [9.17, 15) is 0 Å². The fourth-order valence-corrected chi connectivity index (χ4v) is 3.16. The Labute approximate surface area is 132 Å². The average Bonchev–Trinajstić information content (AvgIpc) is 2.52. The summed E-state index contributed by atoms with van der Waals surface area (Å²) in [5.41, 5.74) is 1.12. The first-order chi connectivity index (χ1) is 10.2. The van der Waals surface area contributed by atoms with Crippen molar-refractivity contribution < 1.29 is 9.47 Å². The van der Waals surface area contributed by atoms with E-state index >= 15 is 0 Å². The molecule has 118 valence electrons. The van der Waals surface area contributed by atoms with Crippen molar-refractivity contribution in [2.24, 2.45) is 0 Å². The van der Waals surface area contributed by atoms with Crippen LogP contribution in [-0.4, -0.2) is 44.8 Å². The van der Waals surface area contributed by atoms with Crippen molar-refractivity contribution in [3.8, 4) is 11.5 Å². The van der Waals surface area contributed by atoms with E-state index in [2.05, 4.69) is 17.1 Å². The molecule has 0 aliphatic carbocycles. The minimum absolute atomic E-state index is 0.547. The molecular weight excluding hydrogens is 288 g/mol. The Morgan fingerprint density at radius 2 is 2.14 bits per heavy atom. The number of hydrogen-bond acceptors (Lipinski definition) is 4. The maximum absolute atomic E-state index is 6.24. The van der Waals surface area contributed by atoms with Gasteiger partial charge < -0.3 is 19.7 Å². The largest absolute Gasteiger partial charge is 0.493 e. The van der Waals surface area contributed by atoms with Gasteiger partial charge in [-0.2, -0.15) is 0 Å². The second-order valence-electron chi connectivity index (χ2n) is 5.43.